The summed E-state index contributed by atoms with van der Waals surface area (Å²) in [5.41, 5.74) is 19.4. The van der Waals surface area contributed by atoms with E-state index in [1.807, 2.05) is 45.3 Å². The molecule has 4 aromatic heterocycles. The van der Waals surface area contributed by atoms with Crippen molar-refractivity contribution in [3.8, 4) is 62.6 Å². The third-order valence-electron chi connectivity index (χ3n) is 15.4. The second-order valence-corrected chi connectivity index (χ2v) is 27.2. The van der Waals surface area contributed by atoms with Crippen LogP contribution in [-0.4, -0.2) is 0 Å². The average Bonchev–Trinajstić information content (AvgIpc) is 4.26. The Hall–Kier alpha value is -3.36. The van der Waals surface area contributed by atoms with Crippen LogP contribution >= 0.6 is 77.2 Å². The molecule has 368 valence electrons. The van der Waals surface area contributed by atoms with Crippen LogP contribution in [0.25, 0.3) is 62.6 Å². The van der Waals surface area contributed by atoms with E-state index < -0.39 is 5.41 Å². The minimum Gasteiger partial charge on any atom is -0.134 e. The molecule has 0 saturated carbocycles. The van der Waals surface area contributed by atoms with E-state index in [1.54, 1.807) is 0 Å². The van der Waals surface area contributed by atoms with Crippen LogP contribution in [0.1, 0.15) is 175 Å². The van der Waals surface area contributed by atoms with Crippen LogP contribution < -0.4 is 0 Å². The second kappa shape index (κ2) is 23.5. The summed E-state index contributed by atoms with van der Waals surface area (Å²) < 4.78 is 2.63. The van der Waals surface area contributed by atoms with E-state index in [0.29, 0.717) is 0 Å². The molecule has 0 fully saturated rings. The number of hydrogen-bond acceptors (Lipinski definition) is 4. The van der Waals surface area contributed by atoms with Crippen LogP contribution in [0.2, 0.25) is 0 Å². The highest BCUT2D eigenvalue weighted by atomic mass is 79.9. The summed E-state index contributed by atoms with van der Waals surface area (Å²) >= 11 is 16.0. The molecule has 4 aromatic carbocycles. The molecular formula is C65H70Br2S4. The van der Waals surface area contributed by atoms with Gasteiger partial charge in [-0.3, -0.25) is 0 Å². The first-order valence-electron chi connectivity index (χ1n) is 27.2. The molecule has 2 aliphatic rings. The van der Waals surface area contributed by atoms with Crippen molar-refractivity contribution in [2.24, 2.45) is 0 Å². The molecular weight excluding hydrogens is 1070 g/mol. The topological polar surface area (TPSA) is 0 Å². The van der Waals surface area contributed by atoms with Crippen LogP contribution in [0, 0.1) is 0 Å². The summed E-state index contributed by atoms with van der Waals surface area (Å²) in [5.74, 6) is 0. The summed E-state index contributed by atoms with van der Waals surface area (Å²) in [7, 11) is 0. The Kier molecular flexibility index (Phi) is 16.9. The van der Waals surface area contributed by atoms with Gasteiger partial charge >= 0.3 is 0 Å². The van der Waals surface area contributed by atoms with Crippen LogP contribution in [0.15, 0.2) is 117 Å². The zero-order valence-corrected chi connectivity index (χ0v) is 48.9. The highest BCUT2D eigenvalue weighted by Crippen LogP contribution is 2.64. The van der Waals surface area contributed by atoms with Crippen LogP contribution in [0.5, 0.6) is 0 Å². The molecule has 71 heavy (non-hydrogen) atoms. The first-order chi connectivity index (χ1) is 34.9. The van der Waals surface area contributed by atoms with Gasteiger partial charge in [0.05, 0.1) is 13.0 Å². The smallest absolute Gasteiger partial charge is 0.0737 e. The summed E-state index contributed by atoms with van der Waals surface area (Å²) in [6, 6.07) is 43.9. The number of benzene rings is 4. The fourth-order valence-electron chi connectivity index (χ4n) is 11.7. The first kappa shape index (κ1) is 51.1. The van der Waals surface area contributed by atoms with Gasteiger partial charge in [-0.1, -0.05) is 178 Å². The van der Waals surface area contributed by atoms with E-state index >= 15 is 0 Å². The molecule has 0 unspecified atom stereocenters. The number of thiophene rings is 4. The van der Waals surface area contributed by atoms with Gasteiger partial charge in [0.15, 0.2) is 0 Å². The largest absolute Gasteiger partial charge is 0.134 e. The fourth-order valence-corrected chi connectivity index (χ4v) is 18.0. The van der Waals surface area contributed by atoms with Gasteiger partial charge in [-0.2, -0.15) is 0 Å². The maximum Gasteiger partial charge on any atom is 0.0737 e. The average molecular weight is 1140 g/mol. The van der Waals surface area contributed by atoms with E-state index in [4.69, 9.17) is 0 Å². The molecule has 0 aliphatic heterocycles. The number of aryl methyl sites for hydroxylation is 4. The normalized spacial score (nSPS) is 13.0. The van der Waals surface area contributed by atoms with Crippen molar-refractivity contribution >= 4 is 77.2 Å². The third kappa shape index (κ3) is 10.3. The Morgan fingerprint density at radius 3 is 1.08 bits per heavy atom. The zero-order chi connectivity index (χ0) is 48.9. The number of unbranched alkanes of at least 4 members (excludes halogenated alkanes) is 12. The van der Waals surface area contributed by atoms with Gasteiger partial charge in [0, 0.05) is 29.3 Å². The molecule has 0 saturated heterocycles. The second-order valence-electron chi connectivity index (χ2n) is 20.4. The lowest BCUT2D eigenvalue weighted by Gasteiger charge is -2.31. The van der Waals surface area contributed by atoms with Crippen LogP contribution in [0.4, 0.5) is 0 Å². The van der Waals surface area contributed by atoms with Gasteiger partial charge in [-0.15, -0.1) is 45.3 Å². The van der Waals surface area contributed by atoms with E-state index in [-0.39, 0.29) is 0 Å². The number of rotatable bonds is 24. The molecule has 8 aromatic rings. The minimum atomic E-state index is -0.424. The Morgan fingerprint density at radius 2 is 0.690 bits per heavy atom. The molecule has 2 aliphatic carbocycles. The maximum absolute atomic E-state index is 4.03. The Bertz CT molecular complexity index is 2890. The van der Waals surface area contributed by atoms with Crippen molar-refractivity contribution in [3.63, 3.8) is 0 Å². The van der Waals surface area contributed by atoms with Gasteiger partial charge < -0.3 is 0 Å². The predicted octanol–water partition coefficient (Wildman–Crippen LogP) is 23.0. The summed E-state index contributed by atoms with van der Waals surface area (Å²) in [6.45, 7) is 9.25. The summed E-state index contributed by atoms with van der Waals surface area (Å²) in [6.07, 6.45) is 25.1. The van der Waals surface area contributed by atoms with Crippen molar-refractivity contribution < 1.29 is 0 Å². The molecule has 0 atom stereocenters. The lowest BCUT2D eigenvalue weighted by Crippen LogP contribution is -2.26. The van der Waals surface area contributed by atoms with Crippen molar-refractivity contribution in [2.45, 2.75) is 162 Å². The summed E-state index contributed by atoms with van der Waals surface area (Å²) in [4.78, 5) is 8.57. The Morgan fingerprint density at radius 1 is 0.338 bits per heavy atom. The maximum atomic E-state index is 4.03. The van der Waals surface area contributed by atoms with Crippen molar-refractivity contribution in [1.82, 2.24) is 0 Å². The number of hydrogen-bond donors (Lipinski definition) is 0. The molecule has 0 N–H and O–H groups in total. The number of fused-ring (bicyclic) bond motifs is 10. The molecule has 0 radical (unpaired) electrons. The lowest BCUT2D eigenvalue weighted by molar-refractivity contribution is 0.667. The van der Waals surface area contributed by atoms with E-state index in [1.165, 1.54) is 217 Å². The van der Waals surface area contributed by atoms with Gasteiger partial charge in [0.2, 0.25) is 0 Å². The van der Waals surface area contributed by atoms with E-state index in [2.05, 4.69) is 169 Å². The predicted molar refractivity (Wildman–Crippen MR) is 323 cm³/mol. The van der Waals surface area contributed by atoms with Crippen LogP contribution in [-0.2, 0) is 31.1 Å². The van der Waals surface area contributed by atoms with Gasteiger partial charge in [-0.05, 0) is 198 Å². The molecule has 0 amide bonds. The van der Waals surface area contributed by atoms with E-state index in [0.717, 1.165) is 25.7 Å². The highest BCUT2D eigenvalue weighted by Gasteiger charge is 2.52. The minimum absolute atomic E-state index is 0.424. The SMILES string of the molecule is CCCCCCc1cc(-c2sc(-c3ccc4c(c3)C3(c5ccccc5-4)c4ccccc4-c4ccc(-c5cc(CCCCCC)c(-c6cc(CCCCCC)c(Br)s6)s5)cc43)cc2CCCCCC)sc1Br. The summed E-state index contributed by atoms with van der Waals surface area (Å²) in [5, 5.41) is 0. The Balaban J connectivity index is 1.08. The Labute approximate surface area is 458 Å². The van der Waals surface area contributed by atoms with Gasteiger partial charge in [0.25, 0.3) is 0 Å². The quantitative estimate of drug-likeness (QED) is 0.0529. The zero-order valence-electron chi connectivity index (χ0n) is 42.4. The highest BCUT2D eigenvalue weighted by molar-refractivity contribution is 9.11. The lowest BCUT2D eigenvalue weighted by atomic mass is 9.70. The fraction of sp³-hybridized carbons (Fsp3) is 0.385. The molecule has 0 bridgehead atoms. The van der Waals surface area contributed by atoms with Crippen molar-refractivity contribution in [1.29, 1.82) is 0 Å². The van der Waals surface area contributed by atoms with Crippen LogP contribution in [0.3, 0.4) is 0 Å². The third-order valence-corrected chi connectivity index (χ3v) is 22.2. The molecule has 6 heteroatoms. The molecule has 0 nitrogen and oxygen atoms in total. The van der Waals surface area contributed by atoms with Gasteiger partial charge in [0.1, 0.15) is 0 Å². The van der Waals surface area contributed by atoms with Gasteiger partial charge in [-0.25, -0.2) is 0 Å². The monoisotopic (exact) mass is 1140 g/mol. The number of halogens is 2. The van der Waals surface area contributed by atoms with Crippen molar-refractivity contribution in [2.75, 3.05) is 0 Å². The molecule has 1 spiro atoms. The molecule has 4 heterocycles. The molecule has 10 rings (SSSR count). The van der Waals surface area contributed by atoms with E-state index in [9.17, 15) is 0 Å². The first-order valence-corrected chi connectivity index (χ1v) is 32.0. The van der Waals surface area contributed by atoms with Crippen molar-refractivity contribution in [3.05, 3.63) is 161 Å². The standard InChI is InChI=1S/C65H70Br2S4/c1-5-9-13-17-25-45-39-57(68-61(45)59-41-47(63(66)70-59)27-19-15-11-7-3)43-33-35-51-49-29-21-23-31-53(49)65(55(51)37-43)54-32-24-22-30-50(54)52-36-34-44(38-56(52)65)58-40-46(26-18-14-10-6-2)62(69-58)60-42-48(64(67)71-60)28-20-16-12-8-4/h21-24,29-42H,5-20,25-28H2,1-4H3.